The highest BCUT2D eigenvalue weighted by atomic mass is 32.2. The molecular weight excluding hydrogens is 371 g/mol. The Morgan fingerprint density at radius 2 is 1.68 bits per heavy atom. The lowest BCUT2D eigenvalue weighted by Gasteiger charge is -2.11. The van der Waals surface area contributed by atoms with E-state index in [2.05, 4.69) is 20.2 Å². The minimum Gasteiger partial charge on any atom is -0.365 e. The number of hydrogen-bond donors (Lipinski definition) is 2. The highest BCUT2D eigenvalue weighted by molar-refractivity contribution is 7.92. The number of nitrogens with zero attached hydrogens (tertiary/aromatic N) is 2. The Hall–Kier alpha value is -2.27. The molecule has 25 heavy (non-hydrogen) atoms. The Labute approximate surface area is 144 Å². The minimum atomic E-state index is -3.90. The lowest BCUT2D eigenvalue weighted by Crippen LogP contribution is -2.21. The summed E-state index contributed by atoms with van der Waals surface area (Å²) in [5.74, 6) is -0.0230. The van der Waals surface area contributed by atoms with Gasteiger partial charge < -0.3 is 5.32 Å². The number of sulfone groups is 1. The first-order valence-corrected chi connectivity index (χ1v) is 10.6. The summed E-state index contributed by atoms with van der Waals surface area (Å²) in [6, 6.07) is 7.04. The van der Waals surface area contributed by atoms with Gasteiger partial charge in [-0.3, -0.25) is 4.72 Å². The van der Waals surface area contributed by atoms with Crippen molar-refractivity contribution in [3.63, 3.8) is 0 Å². The average molecular weight is 386 g/mol. The molecule has 3 rings (SSSR count). The Bertz CT molecular complexity index is 961. The molecule has 0 aliphatic carbocycles. The molecule has 0 amide bonds. The van der Waals surface area contributed by atoms with Crippen molar-refractivity contribution in [1.82, 2.24) is 10.2 Å². The zero-order valence-corrected chi connectivity index (χ0v) is 14.5. The molecule has 1 aromatic heterocycles. The molecule has 1 aliphatic rings. The summed E-state index contributed by atoms with van der Waals surface area (Å²) in [5, 5.41) is 10.6. The third kappa shape index (κ3) is 4.42. The first-order valence-electron chi connectivity index (χ1n) is 7.33. The van der Waals surface area contributed by atoms with Gasteiger partial charge in [-0.05, 0) is 42.8 Å². The largest absolute Gasteiger partial charge is 0.365 e. The highest BCUT2D eigenvalue weighted by Gasteiger charge is 2.28. The summed E-state index contributed by atoms with van der Waals surface area (Å²) in [6.07, 6.45) is 0.489. The number of anilines is 2. The van der Waals surface area contributed by atoms with Crippen LogP contribution in [0, 0.1) is 5.82 Å². The Morgan fingerprint density at radius 3 is 2.24 bits per heavy atom. The van der Waals surface area contributed by atoms with E-state index in [1.165, 1.54) is 12.1 Å². The van der Waals surface area contributed by atoms with Crippen molar-refractivity contribution in [3.05, 3.63) is 42.2 Å². The number of benzene rings is 1. The topological polar surface area (TPSA) is 118 Å². The minimum absolute atomic E-state index is 0.00563. The third-order valence-electron chi connectivity index (χ3n) is 3.61. The van der Waals surface area contributed by atoms with Gasteiger partial charge in [-0.2, -0.15) is 0 Å². The summed E-state index contributed by atoms with van der Waals surface area (Å²) >= 11 is 0. The highest BCUT2D eigenvalue weighted by Crippen LogP contribution is 2.18. The predicted octanol–water partition coefficient (Wildman–Crippen LogP) is 1.02. The van der Waals surface area contributed by atoms with Crippen molar-refractivity contribution in [2.24, 2.45) is 0 Å². The normalized spacial score (nSPS) is 19.5. The second-order valence-electron chi connectivity index (χ2n) is 5.61. The van der Waals surface area contributed by atoms with Crippen LogP contribution in [-0.2, 0) is 19.9 Å². The number of halogens is 1. The Morgan fingerprint density at radius 1 is 1.04 bits per heavy atom. The third-order valence-corrected chi connectivity index (χ3v) is 6.75. The molecule has 0 saturated carbocycles. The number of hydrogen-bond acceptors (Lipinski definition) is 7. The molecule has 11 heteroatoms. The fourth-order valence-electron chi connectivity index (χ4n) is 2.39. The molecule has 2 aromatic rings. The van der Waals surface area contributed by atoms with Crippen molar-refractivity contribution in [1.29, 1.82) is 0 Å². The van der Waals surface area contributed by atoms with Gasteiger partial charge in [-0.1, -0.05) is 0 Å². The van der Waals surface area contributed by atoms with Gasteiger partial charge in [0.2, 0.25) is 0 Å². The molecule has 1 aromatic carbocycles. The average Bonchev–Trinajstić information content (AvgIpc) is 2.88. The maximum atomic E-state index is 12.9. The van der Waals surface area contributed by atoms with E-state index in [1.54, 1.807) is 0 Å². The SMILES string of the molecule is O=S1(=O)CCC(Nc2ccc(NS(=O)(=O)c3ccc(F)cc3)nn2)C1. The summed E-state index contributed by atoms with van der Waals surface area (Å²) in [6.45, 7) is 0. The number of aromatic nitrogens is 2. The molecule has 2 N–H and O–H groups in total. The van der Waals surface area contributed by atoms with Crippen LogP contribution in [0.5, 0.6) is 0 Å². The number of nitrogens with one attached hydrogen (secondary N) is 2. The van der Waals surface area contributed by atoms with E-state index in [4.69, 9.17) is 0 Å². The molecular formula is C14H15FN4O4S2. The molecule has 0 spiro atoms. The monoisotopic (exact) mass is 386 g/mol. The van der Waals surface area contributed by atoms with E-state index in [9.17, 15) is 21.2 Å². The van der Waals surface area contributed by atoms with Gasteiger partial charge in [0.25, 0.3) is 10.0 Å². The van der Waals surface area contributed by atoms with E-state index >= 15 is 0 Å². The standard InChI is InChI=1S/C14H15FN4O4S2/c15-10-1-3-12(4-2-10)25(22,23)19-14-6-5-13(17-18-14)16-11-7-8-24(20,21)9-11/h1-6,11H,7-9H2,(H,16,17)(H,18,19). The van der Waals surface area contributed by atoms with Gasteiger partial charge in [0.05, 0.1) is 16.4 Å². The summed E-state index contributed by atoms with van der Waals surface area (Å²) in [7, 11) is -6.91. The summed E-state index contributed by atoms with van der Waals surface area (Å²) in [5.41, 5.74) is 0. The molecule has 1 aliphatic heterocycles. The fourth-order valence-corrected chi connectivity index (χ4v) is 5.06. The zero-order valence-electron chi connectivity index (χ0n) is 12.9. The summed E-state index contributed by atoms with van der Waals surface area (Å²) in [4.78, 5) is -0.103. The number of sulfonamides is 1. The van der Waals surface area contributed by atoms with Gasteiger partial charge in [-0.15, -0.1) is 10.2 Å². The van der Waals surface area contributed by atoms with Gasteiger partial charge in [0, 0.05) is 6.04 Å². The molecule has 8 nitrogen and oxygen atoms in total. The van der Waals surface area contributed by atoms with Crippen LogP contribution in [0.15, 0.2) is 41.3 Å². The summed E-state index contributed by atoms with van der Waals surface area (Å²) < 4.78 is 62.3. The smallest absolute Gasteiger partial charge is 0.263 e. The van der Waals surface area contributed by atoms with Crippen LogP contribution in [-0.4, -0.2) is 44.6 Å². The molecule has 134 valence electrons. The second-order valence-corrected chi connectivity index (χ2v) is 9.52. The number of rotatable bonds is 5. The van der Waals surface area contributed by atoms with E-state index in [-0.39, 0.29) is 28.3 Å². The maximum Gasteiger partial charge on any atom is 0.263 e. The van der Waals surface area contributed by atoms with E-state index in [0.29, 0.717) is 12.2 Å². The van der Waals surface area contributed by atoms with Crippen molar-refractivity contribution in [2.45, 2.75) is 17.4 Å². The fraction of sp³-hybridized carbons (Fsp3) is 0.286. The van der Waals surface area contributed by atoms with Crippen molar-refractivity contribution < 1.29 is 21.2 Å². The first-order chi connectivity index (χ1) is 11.7. The lowest BCUT2D eigenvalue weighted by atomic mass is 10.2. The van der Waals surface area contributed by atoms with Crippen LogP contribution in [0.3, 0.4) is 0 Å². The van der Waals surface area contributed by atoms with Crippen LogP contribution in [0.4, 0.5) is 16.0 Å². The molecule has 1 saturated heterocycles. The van der Waals surface area contributed by atoms with E-state index in [0.717, 1.165) is 24.3 Å². The molecule has 1 fully saturated rings. The van der Waals surface area contributed by atoms with Gasteiger partial charge in [0.15, 0.2) is 15.7 Å². The van der Waals surface area contributed by atoms with Crippen LogP contribution >= 0.6 is 0 Å². The van der Waals surface area contributed by atoms with Crippen LogP contribution in [0.1, 0.15) is 6.42 Å². The molecule has 1 atom stereocenters. The van der Waals surface area contributed by atoms with Crippen molar-refractivity contribution in [3.8, 4) is 0 Å². The van der Waals surface area contributed by atoms with E-state index in [1.807, 2.05) is 0 Å². The zero-order chi connectivity index (χ0) is 18.1. The van der Waals surface area contributed by atoms with Gasteiger partial charge in [-0.25, -0.2) is 21.2 Å². The van der Waals surface area contributed by atoms with Crippen LogP contribution < -0.4 is 10.0 Å². The van der Waals surface area contributed by atoms with Crippen LogP contribution in [0.2, 0.25) is 0 Å². The lowest BCUT2D eigenvalue weighted by molar-refractivity contribution is 0.598. The Kier molecular flexibility index (Phi) is 4.60. The van der Waals surface area contributed by atoms with E-state index < -0.39 is 25.7 Å². The van der Waals surface area contributed by atoms with Crippen molar-refractivity contribution >= 4 is 31.5 Å². The van der Waals surface area contributed by atoms with Crippen LogP contribution in [0.25, 0.3) is 0 Å². The molecule has 0 bridgehead atoms. The second kappa shape index (κ2) is 6.56. The van der Waals surface area contributed by atoms with Gasteiger partial charge >= 0.3 is 0 Å². The predicted molar refractivity (Wildman–Crippen MR) is 89.9 cm³/mol. The Balaban J connectivity index is 1.67. The van der Waals surface area contributed by atoms with Crippen molar-refractivity contribution in [2.75, 3.05) is 21.5 Å². The molecule has 2 heterocycles. The molecule has 1 unspecified atom stereocenters. The molecule has 0 radical (unpaired) electrons. The quantitative estimate of drug-likeness (QED) is 0.787. The first kappa shape index (κ1) is 17.5. The maximum absolute atomic E-state index is 12.9. The van der Waals surface area contributed by atoms with Gasteiger partial charge in [0.1, 0.15) is 11.6 Å².